The molecular formula is C15H26N2O3. The van der Waals surface area contributed by atoms with E-state index in [0.29, 0.717) is 19.5 Å². The summed E-state index contributed by atoms with van der Waals surface area (Å²) in [5.74, 6) is 0.216. The van der Waals surface area contributed by atoms with E-state index >= 15 is 0 Å². The first-order valence-electron chi connectivity index (χ1n) is 7.78. The molecule has 5 heteroatoms. The van der Waals surface area contributed by atoms with Gasteiger partial charge in [0.05, 0.1) is 0 Å². The Hall–Kier alpha value is -1.10. The molecule has 2 aliphatic rings. The van der Waals surface area contributed by atoms with Gasteiger partial charge in [0.2, 0.25) is 11.8 Å². The quantitative estimate of drug-likeness (QED) is 0.750. The van der Waals surface area contributed by atoms with Crippen molar-refractivity contribution in [1.29, 1.82) is 0 Å². The third-order valence-electron chi connectivity index (χ3n) is 4.53. The SMILES string of the molecule is COCCCCCC(=O)N1CCNC(=O)C12CCCC2. The Morgan fingerprint density at radius 2 is 2.05 bits per heavy atom. The molecule has 0 aromatic heterocycles. The van der Waals surface area contributed by atoms with Crippen molar-refractivity contribution in [3.05, 3.63) is 0 Å². The zero-order valence-electron chi connectivity index (χ0n) is 12.5. The Kier molecular flexibility index (Phi) is 5.40. The van der Waals surface area contributed by atoms with E-state index in [1.54, 1.807) is 7.11 Å². The highest BCUT2D eigenvalue weighted by Crippen LogP contribution is 2.37. The van der Waals surface area contributed by atoms with Gasteiger partial charge < -0.3 is 15.0 Å². The van der Waals surface area contributed by atoms with E-state index < -0.39 is 5.54 Å². The average molecular weight is 282 g/mol. The Labute approximate surface area is 121 Å². The van der Waals surface area contributed by atoms with Crippen LogP contribution in [0.15, 0.2) is 0 Å². The molecule has 0 aromatic carbocycles. The molecule has 1 heterocycles. The van der Waals surface area contributed by atoms with Crippen molar-refractivity contribution < 1.29 is 14.3 Å². The van der Waals surface area contributed by atoms with Gasteiger partial charge in [-0.05, 0) is 25.7 Å². The summed E-state index contributed by atoms with van der Waals surface area (Å²) >= 11 is 0. The molecule has 1 saturated carbocycles. The van der Waals surface area contributed by atoms with Gasteiger partial charge in [-0.25, -0.2) is 0 Å². The van der Waals surface area contributed by atoms with E-state index in [4.69, 9.17) is 4.74 Å². The summed E-state index contributed by atoms with van der Waals surface area (Å²) in [6.07, 6.45) is 7.19. The van der Waals surface area contributed by atoms with Crippen molar-refractivity contribution in [3.63, 3.8) is 0 Å². The van der Waals surface area contributed by atoms with E-state index in [9.17, 15) is 9.59 Å². The maximum atomic E-state index is 12.5. The molecule has 1 aliphatic heterocycles. The summed E-state index contributed by atoms with van der Waals surface area (Å²) in [6.45, 7) is 2.02. The van der Waals surface area contributed by atoms with E-state index in [1.165, 1.54) is 0 Å². The van der Waals surface area contributed by atoms with Gasteiger partial charge in [0.15, 0.2) is 0 Å². The van der Waals surface area contributed by atoms with Crippen LogP contribution in [0, 0.1) is 0 Å². The normalized spacial score (nSPS) is 21.2. The maximum Gasteiger partial charge on any atom is 0.246 e. The molecule has 0 bridgehead atoms. The minimum atomic E-state index is -0.526. The van der Waals surface area contributed by atoms with E-state index in [2.05, 4.69) is 5.32 Å². The fourth-order valence-corrected chi connectivity index (χ4v) is 3.44. The van der Waals surface area contributed by atoms with Gasteiger partial charge >= 0.3 is 0 Å². The molecule has 1 N–H and O–H groups in total. The fraction of sp³-hybridized carbons (Fsp3) is 0.867. The number of hydrogen-bond donors (Lipinski definition) is 1. The van der Waals surface area contributed by atoms with Crippen LogP contribution in [0.25, 0.3) is 0 Å². The predicted octanol–water partition coefficient (Wildman–Crippen LogP) is 1.46. The van der Waals surface area contributed by atoms with Crippen LogP contribution in [0.3, 0.4) is 0 Å². The van der Waals surface area contributed by atoms with Crippen LogP contribution in [0.1, 0.15) is 51.4 Å². The van der Waals surface area contributed by atoms with E-state index in [1.807, 2.05) is 4.90 Å². The summed E-state index contributed by atoms with van der Waals surface area (Å²) in [5, 5.41) is 2.93. The van der Waals surface area contributed by atoms with Crippen molar-refractivity contribution >= 4 is 11.8 Å². The van der Waals surface area contributed by atoms with Crippen LogP contribution in [0.5, 0.6) is 0 Å². The van der Waals surface area contributed by atoms with Crippen LogP contribution < -0.4 is 5.32 Å². The molecular weight excluding hydrogens is 256 g/mol. The molecule has 2 amide bonds. The summed E-state index contributed by atoms with van der Waals surface area (Å²) in [7, 11) is 1.70. The molecule has 0 atom stereocenters. The first kappa shape index (κ1) is 15.3. The second-order valence-corrected chi connectivity index (χ2v) is 5.84. The minimum absolute atomic E-state index is 0.0639. The van der Waals surface area contributed by atoms with Gasteiger partial charge in [0.25, 0.3) is 0 Å². The lowest BCUT2D eigenvalue weighted by Gasteiger charge is -2.43. The number of ether oxygens (including phenoxy) is 1. The van der Waals surface area contributed by atoms with Gasteiger partial charge in [-0.3, -0.25) is 9.59 Å². The highest BCUT2D eigenvalue weighted by molar-refractivity contribution is 5.92. The van der Waals surface area contributed by atoms with Gasteiger partial charge in [-0.15, -0.1) is 0 Å². The zero-order chi connectivity index (χ0) is 14.4. The smallest absolute Gasteiger partial charge is 0.246 e. The number of rotatable bonds is 6. The number of unbranched alkanes of at least 4 members (excludes halogenated alkanes) is 2. The molecule has 0 radical (unpaired) electrons. The van der Waals surface area contributed by atoms with Gasteiger partial charge in [-0.1, -0.05) is 19.3 Å². The number of carbonyl (C=O) groups excluding carboxylic acids is 2. The minimum Gasteiger partial charge on any atom is -0.385 e. The molecule has 1 saturated heterocycles. The third-order valence-corrected chi connectivity index (χ3v) is 4.53. The van der Waals surface area contributed by atoms with Crippen molar-refractivity contribution in [3.8, 4) is 0 Å². The monoisotopic (exact) mass is 282 g/mol. The number of nitrogens with zero attached hydrogens (tertiary/aromatic N) is 1. The van der Waals surface area contributed by atoms with Crippen LogP contribution in [0.2, 0.25) is 0 Å². The standard InChI is InChI=1S/C15H26N2O3/c1-20-12-6-2-3-7-13(18)17-11-10-16-14(19)15(17)8-4-5-9-15/h2-12H2,1H3,(H,16,19). The van der Waals surface area contributed by atoms with Gasteiger partial charge in [-0.2, -0.15) is 0 Å². The fourth-order valence-electron chi connectivity index (χ4n) is 3.44. The highest BCUT2D eigenvalue weighted by atomic mass is 16.5. The first-order chi connectivity index (χ1) is 9.70. The molecule has 20 heavy (non-hydrogen) atoms. The molecule has 0 unspecified atom stereocenters. The topological polar surface area (TPSA) is 58.6 Å². The van der Waals surface area contributed by atoms with E-state index in [0.717, 1.165) is 51.6 Å². The number of methoxy groups -OCH3 is 1. The lowest BCUT2D eigenvalue weighted by Crippen LogP contribution is -2.65. The molecule has 1 spiro atoms. The Morgan fingerprint density at radius 1 is 1.30 bits per heavy atom. The average Bonchev–Trinajstić information content (AvgIpc) is 2.92. The van der Waals surface area contributed by atoms with Crippen molar-refractivity contribution in [2.75, 3.05) is 26.8 Å². The second-order valence-electron chi connectivity index (χ2n) is 5.84. The summed E-state index contributed by atoms with van der Waals surface area (Å²) in [4.78, 5) is 26.5. The largest absolute Gasteiger partial charge is 0.385 e. The maximum absolute atomic E-state index is 12.5. The van der Waals surface area contributed by atoms with Gasteiger partial charge in [0, 0.05) is 33.2 Å². The molecule has 2 fully saturated rings. The zero-order valence-corrected chi connectivity index (χ0v) is 12.5. The molecule has 114 valence electrons. The number of piperazine rings is 1. The Balaban J connectivity index is 1.88. The lowest BCUT2D eigenvalue weighted by molar-refractivity contribution is -0.151. The van der Waals surface area contributed by atoms with Crippen LogP contribution in [-0.2, 0) is 14.3 Å². The Bertz CT molecular complexity index is 351. The summed E-state index contributed by atoms with van der Waals surface area (Å²) < 4.78 is 5.01. The number of carbonyl (C=O) groups is 2. The molecule has 1 aliphatic carbocycles. The first-order valence-corrected chi connectivity index (χ1v) is 7.78. The number of hydrogen-bond acceptors (Lipinski definition) is 3. The lowest BCUT2D eigenvalue weighted by atomic mass is 9.91. The van der Waals surface area contributed by atoms with Crippen LogP contribution >= 0.6 is 0 Å². The third kappa shape index (κ3) is 3.14. The summed E-state index contributed by atoms with van der Waals surface area (Å²) in [6, 6.07) is 0. The van der Waals surface area contributed by atoms with Crippen molar-refractivity contribution in [1.82, 2.24) is 10.2 Å². The molecule has 2 rings (SSSR count). The number of nitrogens with one attached hydrogen (secondary N) is 1. The van der Waals surface area contributed by atoms with E-state index in [-0.39, 0.29) is 11.8 Å². The summed E-state index contributed by atoms with van der Waals surface area (Å²) in [5.41, 5.74) is -0.526. The number of amides is 2. The highest BCUT2D eigenvalue weighted by Gasteiger charge is 2.49. The van der Waals surface area contributed by atoms with Crippen molar-refractivity contribution in [2.24, 2.45) is 0 Å². The predicted molar refractivity (Wildman–Crippen MR) is 76.3 cm³/mol. The Morgan fingerprint density at radius 3 is 2.75 bits per heavy atom. The molecule has 0 aromatic rings. The van der Waals surface area contributed by atoms with Crippen LogP contribution in [0.4, 0.5) is 0 Å². The van der Waals surface area contributed by atoms with Crippen LogP contribution in [-0.4, -0.2) is 49.1 Å². The molecule has 5 nitrogen and oxygen atoms in total. The second kappa shape index (κ2) is 7.07. The van der Waals surface area contributed by atoms with Gasteiger partial charge in [0.1, 0.15) is 5.54 Å². The van der Waals surface area contributed by atoms with Crippen molar-refractivity contribution in [2.45, 2.75) is 56.9 Å².